The Balaban J connectivity index is 1.52. The summed E-state index contributed by atoms with van der Waals surface area (Å²) in [6, 6.07) is 8.22. The van der Waals surface area contributed by atoms with Crippen molar-refractivity contribution in [3.05, 3.63) is 53.3 Å². The number of aryl methyl sites for hydroxylation is 1. The van der Waals surface area contributed by atoms with Crippen LogP contribution in [0.1, 0.15) is 56.1 Å². The first-order valence-corrected chi connectivity index (χ1v) is 13.5. The fourth-order valence-corrected chi connectivity index (χ4v) is 5.41. The maximum absolute atomic E-state index is 13.4. The minimum Gasteiger partial charge on any atom is -0.443 e. The Morgan fingerprint density at radius 3 is 2.59 bits per heavy atom. The summed E-state index contributed by atoms with van der Waals surface area (Å²) >= 11 is 0. The molecule has 4 rings (SSSR count). The first kappa shape index (κ1) is 26.6. The van der Waals surface area contributed by atoms with Crippen LogP contribution < -0.4 is 4.72 Å². The van der Waals surface area contributed by atoms with Crippen LogP contribution in [0.2, 0.25) is 0 Å². The van der Waals surface area contributed by atoms with Gasteiger partial charge in [0.05, 0.1) is 24.2 Å². The van der Waals surface area contributed by atoms with E-state index in [1.54, 1.807) is 50.6 Å². The van der Waals surface area contributed by atoms with E-state index in [0.29, 0.717) is 12.3 Å². The minimum absolute atomic E-state index is 0.0107. The number of aromatic nitrogens is 2. The topological polar surface area (TPSA) is 135 Å². The molecule has 2 aromatic rings. The maximum atomic E-state index is 13.4. The monoisotopic (exact) mass is 532 g/mol. The van der Waals surface area contributed by atoms with E-state index in [4.69, 9.17) is 9.57 Å². The van der Waals surface area contributed by atoms with Crippen molar-refractivity contribution in [2.75, 3.05) is 19.3 Å². The van der Waals surface area contributed by atoms with Gasteiger partial charge in [-0.25, -0.2) is 22.7 Å². The molecule has 3 amide bonds. The van der Waals surface area contributed by atoms with Crippen LogP contribution in [0.5, 0.6) is 0 Å². The van der Waals surface area contributed by atoms with Gasteiger partial charge in [-0.2, -0.15) is 10.2 Å². The van der Waals surface area contributed by atoms with Crippen molar-refractivity contribution in [2.45, 2.75) is 51.5 Å². The van der Waals surface area contributed by atoms with Gasteiger partial charge in [0.2, 0.25) is 10.0 Å². The molecule has 2 atom stereocenters. The van der Waals surface area contributed by atoms with Crippen LogP contribution in [0.15, 0.2) is 41.5 Å². The highest BCUT2D eigenvalue weighted by Crippen LogP contribution is 2.44. The molecule has 1 aromatic heterocycles. The number of fused-ring (bicyclic) bond motifs is 4. The van der Waals surface area contributed by atoms with E-state index in [1.807, 2.05) is 35.1 Å². The normalized spacial score (nSPS) is 19.7. The quantitative estimate of drug-likeness (QED) is 0.516. The van der Waals surface area contributed by atoms with Crippen molar-refractivity contribution >= 4 is 27.9 Å². The Labute approximate surface area is 216 Å². The molecule has 2 bridgehead atoms. The Hall–Kier alpha value is -3.45. The third-order valence-corrected chi connectivity index (χ3v) is 7.33. The number of hydrogen-bond donors (Lipinski definition) is 1. The van der Waals surface area contributed by atoms with Gasteiger partial charge in [0.25, 0.3) is 0 Å². The average Bonchev–Trinajstić information content (AvgIpc) is 3.32. The molecule has 0 aliphatic carbocycles. The summed E-state index contributed by atoms with van der Waals surface area (Å²) in [7, 11) is -0.694. The van der Waals surface area contributed by atoms with E-state index in [2.05, 4.69) is 10.1 Å². The summed E-state index contributed by atoms with van der Waals surface area (Å²) in [5.41, 5.74) is 2.12. The summed E-state index contributed by atoms with van der Waals surface area (Å²) in [4.78, 5) is 37.4. The molecule has 37 heavy (non-hydrogen) atoms. The lowest BCUT2D eigenvalue weighted by Crippen LogP contribution is -2.41. The number of hydroxylamine groups is 2. The number of urea groups is 1. The van der Waals surface area contributed by atoms with Crippen LogP contribution in [0.25, 0.3) is 0 Å². The minimum atomic E-state index is -4.01. The van der Waals surface area contributed by atoms with E-state index in [1.165, 1.54) is 5.06 Å². The zero-order chi connectivity index (χ0) is 27.0. The Morgan fingerprint density at radius 2 is 1.95 bits per heavy atom. The second-order valence-electron chi connectivity index (χ2n) is 9.93. The lowest BCUT2D eigenvalue weighted by atomic mass is 9.93. The second-order valence-corrected chi connectivity index (χ2v) is 11.8. The molecule has 0 spiro atoms. The Kier molecular flexibility index (Phi) is 7.29. The van der Waals surface area contributed by atoms with E-state index in [0.717, 1.165) is 16.8 Å². The number of hydrogen-bond acceptors (Lipinski definition) is 8. The van der Waals surface area contributed by atoms with Crippen LogP contribution in [-0.4, -0.2) is 70.9 Å². The predicted molar refractivity (Wildman–Crippen MR) is 135 cm³/mol. The van der Waals surface area contributed by atoms with Gasteiger partial charge in [-0.15, -0.1) is 0 Å². The molecule has 0 unspecified atom stereocenters. The molecule has 1 saturated heterocycles. The number of rotatable bonds is 8. The molecule has 2 aliphatic rings. The molecule has 1 fully saturated rings. The number of aliphatic imine (C=N–C) groups is 1. The molecule has 0 saturated carbocycles. The molecular weight excluding hydrogens is 500 g/mol. The molecule has 200 valence electrons. The van der Waals surface area contributed by atoms with Crippen LogP contribution in [0.3, 0.4) is 0 Å². The molecule has 1 N–H and O–H groups in total. The van der Waals surface area contributed by atoms with E-state index < -0.39 is 33.5 Å². The van der Waals surface area contributed by atoms with Crippen molar-refractivity contribution < 1.29 is 27.6 Å². The van der Waals surface area contributed by atoms with Crippen LogP contribution >= 0.6 is 0 Å². The lowest BCUT2D eigenvalue weighted by Gasteiger charge is -2.32. The van der Waals surface area contributed by atoms with Gasteiger partial charge < -0.3 is 9.64 Å². The number of carbonyl (C=O) groups is 2. The van der Waals surface area contributed by atoms with Crippen LogP contribution in [0, 0.1) is 0 Å². The number of carbonyl (C=O) groups excluding carboxylic acids is 2. The van der Waals surface area contributed by atoms with Gasteiger partial charge in [0.15, 0.2) is 0 Å². The third-order valence-electron chi connectivity index (χ3n) is 6.11. The summed E-state index contributed by atoms with van der Waals surface area (Å²) in [5, 5.41) is 5.76. The first-order chi connectivity index (χ1) is 17.4. The molecule has 12 nitrogen and oxygen atoms in total. The zero-order valence-electron chi connectivity index (χ0n) is 21.5. The summed E-state index contributed by atoms with van der Waals surface area (Å²) in [6.07, 6.45) is 0.650. The van der Waals surface area contributed by atoms with E-state index in [9.17, 15) is 18.0 Å². The highest BCUT2D eigenvalue weighted by molar-refractivity contribution is 7.90. The van der Waals surface area contributed by atoms with Gasteiger partial charge in [0, 0.05) is 31.8 Å². The molecule has 1 aromatic carbocycles. The first-order valence-electron chi connectivity index (χ1n) is 11.9. The van der Waals surface area contributed by atoms with E-state index >= 15 is 0 Å². The van der Waals surface area contributed by atoms with Crippen molar-refractivity contribution in [1.29, 1.82) is 0 Å². The largest absolute Gasteiger partial charge is 0.443 e. The standard InChI is InChI=1S/C24H32N6O6S/c1-24(2,3)36-22(31)27-37(33,34)12-11-18(25-4)21-20-17(13-26-28(20)5)19-14-29(21)23(32)30(19)35-15-16-9-7-6-8-10-16/h6-10,13,19,21H,11-12,14-15H2,1-5H3,(H,27,31)/t19-,21+/m0/s1. The van der Waals surface area contributed by atoms with Gasteiger partial charge in [0.1, 0.15) is 24.3 Å². The molecule has 3 heterocycles. The van der Waals surface area contributed by atoms with Gasteiger partial charge in [-0.05, 0) is 26.3 Å². The van der Waals surface area contributed by atoms with Gasteiger partial charge in [-0.1, -0.05) is 30.3 Å². The highest BCUT2D eigenvalue weighted by Gasteiger charge is 2.51. The smallest absolute Gasteiger partial charge is 0.421 e. The van der Waals surface area contributed by atoms with Gasteiger partial charge >= 0.3 is 12.1 Å². The van der Waals surface area contributed by atoms with Crippen LogP contribution in [0.4, 0.5) is 9.59 Å². The summed E-state index contributed by atoms with van der Waals surface area (Å²) in [5.74, 6) is -0.414. The summed E-state index contributed by atoms with van der Waals surface area (Å²) in [6.45, 7) is 5.49. The molecular formula is C24H32N6O6S. The van der Waals surface area contributed by atoms with Crippen molar-refractivity contribution in [3.8, 4) is 0 Å². The zero-order valence-corrected chi connectivity index (χ0v) is 22.4. The number of amides is 3. The molecule has 2 aliphatic heterocycles. The highest BCUT2D eigenvalue weighted by atomic mass is 32.2. The fourth-order valence-electron chi connectivity index (χ4n) is 4.53. The fraction of sp³-hybridized carbons (Fsp3) is 0.500. The number of ether oxygens (including phenoxy) is 1. The second kappa shape index (κ2) is 10.1. The number of nitrogens with one attached hydrogen (secondary N) is 1. The number of benzene rings is 1. The van der Waals surface area contributed by atoms with Gasteiger partial charge in [-0.3, -0.25) is 14.5 Å². The van der Waals surface area contributed by atoms with E-state index in [-0.39, 0.29) is 25.1 Å². The SMILES string of the molecule is CN=C(CCS(=O)(=O)NC(=O)OC(C)(C)C)[C@@H]1c2c(cnn2C)[C@@H]2CN1C(=O)N2OCc1ccccc1. The van der Waals surface area contributed by atoms with Crippen molar-refractivity contribution in [1.82, 2.24) is 24.5 Å². The Bertz CT molecular complexity index is 1300. The molecule has 13 heteroatoms. The van der Waals surface area contributed by atoms with Crippen molar-refractivity contribution in [3.63, 3.8) is 0 Å². The summed E-state index contributed by atoms with van der Waals surface area (Å²) < 4.78 is 33.8. The van der Waals surface area contributed by atoms with Crippen molar-refractivity contribution in [2.24, 2.45) is 12.0 Å². The Morgan fingerprint density at radius 1 is 1.24 bits per heavy atom. The average molecular weight is 533 g/mol. The number of sulfonamides is 1. The predicted octanol–water partition coefficient (Wildman–Crippen LogP) is 2.70. The molecule has 0 radical (unpaired) electrons. The third kappa shape index (κ3) is 5.77. The number of nitrogens with zero attached hydrogens (tertiary/aromatic N) is 5. The maximum Gasteiger partial charge on any atom is 0.421 e. The van der Waals surface area contributed by atoms with Crippen LogP contribution in [-0.2, 0) is 33.3 Å². The lowest BCUT2D eigenvalue weighted by molar-refractivity contribution is -0.141.